The van der Waals surface area contributed by atoms with E-state index in [9.17, 15) is 19.8 Å². The van der Waals surface area contributed by atoms with Crippen LogP contribution in [0.25, 0.3) is 0 Å². The van der Waals surface area contributed by atoms with Crippen LogP contribution in [0.5, 0.6) is 11.5 Å². The van der Waals surface area contributed by atoms with E-state index in [2.05, 4.69) is 0 Å². The zero-order chi connectivity index (χ0) is 18.1. The molecular weight excluding hydrogens is 308 g/mol. The van der Waals surface area contributed by atoms with Crippen LogP contribution in [0.1, 0.15) is 72.5 Å². The maximum atomic E-state index is 11.1. The van der Waals surface area contributed by atoms with Gasteiger partial charge in [0.05, 0.1) is 12.2 Å². The molecule has 1 rings (SSSR count). The molecule has 0 radical (unpaired) electrons. The fourth-order valence-corrected chi connectivity index (χ4v) is 2.77. The second kappa shape index (κ2) is 9.96. The summed E-state index contributed by atoms with van der Waals surface area (Å²) in [4.78, 5) is 21.7. The molecule has 5 nitrogen and oxygen atoms in total. The highest BCUT2D eigenvalue weighted by Crippen LogP contribution is 2.37. The second-order valence-corrected chi connectivity index (χ2v) is 6.17. The van der Waals surface area contributed by atoms with Gasteiger partial charge in [0.15, 0.2) is 6.29 Å². The first-order valence-corrected chi connectivity index (χ1v) is 8.52. The van der Waals surface area contributed by atoms with Crippen molar-refractivity contribution in [1.82, 2.24) is 0 Å². The largest absolute Gasteiger partial charge is 0.507 e. The van der Waals surface area contributed by atoms with E-state index in [1.807, 2.05) is 0 Å². The molecule has 2 N–H and O–H groups in total. The lowest BCUT2D eigenvalue weighted by Gasteiger charge is -2.15. The quantitative estimate of drug-likeness (QED) is 0.384. The summed E-state index contributed by atoms with van der Waals surface area (Å²) in [5.41, 5.74) is 2.01. The van der Waals surface area contributed by atoms with Crippen molar-refractivity contribution in [2.45, 2.75) is 65.7 Å². The second-order valence-electron chi connectivity index (χ2n) is 6.17. The molecule has 134 valence electrons. The van der Waals surface area contributed by atoms with Gasteiger partial charge in [-0.05, 0) is 44.2 Å². The van der Waals surface area contributed by atoms with Crippen molar-refractivity contribution >= 4 is 12.3 Å². The van der Waals surface area contributed by atoms with Gasteiger partial charge in [0, 0.05) is 12.5 Å². The lowest BCUT2D eigenvalue weighted by molar-refractivity contribution is -0.141. The number of hydrogen-bond acceptors (Lipinski definition) is 5. The summed E-state index contributed by atoms with van der Waals surface area (Å²) < 4.78 is 4.87. The molecule has 0 unspecified atom stereocenters. The smallest absolute Gasteiger partial charge is 0.302 e. The van der Waals surface area contributed by atoms with E-state index in [0.29, 0.717) is 36.0 Å². The number of carbonyl (C=O) groups excluding carboxylic acids is 2. The first-order chi connectivity index (χ1) is 11.4. The molecule has 0 saturated carbocycles. The molecular formula is C19H28O5. The fraction of sp³-hybridized carbons (Fsp3) is 0.579. The van der Waals surface area contributed by atoms with Crippen molar-refractivity contribution in [1.29, 1.82) is 0 Å². The molecule has 0 aliphatic rings. The number of aromatic hydroxyl groups is 2. The number of phenols is 2. The molecule has 0 aliphatic carbocycles. The number of rotatable bonds is 10. The average Bonchev–Trinajstić information content (AvgIpc) is 2.54. The predicted octanol–water partition coefficient (Wildman–Crippen LogP) is 3.97. The summed E-state index contributed by atoms with van der Waals surface area (Å²) in [6.45, 7) is 5.36. The van der Waals surface area contributed by atoms with E-state index in [1.165, 1.54) is 6.92 Å². The van der Waals surface area contributed by atoms with Gasteiger partial charge < -0.3 is 14.9 Å². The number of ether oxygens (including phenoxy) is 1. The van der Waals surface area contributed by atoms with Gasteiger partial charge in [-0.1, -0.05) is 25.7 Å². The van der Waals surface area contributed by atoms with E-state index in [-0.39, 0.29) is 23.0 Å². The van der Waals surface area contributed by atoms with Crippen LogP contribution >= 0.6 is 0 Å². The molecule has 1 aromatic carbocycles. The number of carbonyl (C=O) groups is 2. The number of esters is 1. The Hall–Kier alpha value is -2.04. The summed E-state index contributed by atoms with van der Waals surface area (Å²) in [5, 5.41) is 20.4. The molecule has 0 heterocycles. The van der Waals surface area contributed by atoms with E-state index < -0.39 is 0 Å². The number of benzene rings is 1. The third-order valence-corrected chi connectivity index (χ3v) is 4.39. The van der Waals surface area contributed by atoms with Crippen LogP contribution in [0.2, 0.25) is 0 Å². The minimum atomic E-state index is -0.238. The molecule has 0 amide bonds. The minimum Gasteiger partial charge on any atom is -0.507 e. The van der Waals surface area contributed by atoms with Gasteiger partial charge in [-0.15, -0.1) is 0 Å². The van der Waals surface area contributed by atoms with Crippen LogP contribution in [0.3, 0.4) is 0 Å². The topological polar surface area (TPSA) is 83.8 Å². The summed E-state index contributed by atoms with van der Waals surface area (Å²) in [7, 11) is 0. The van der Waals surface area contributed by atoms with Crippen LogP contribution in [-0.4, -0.2) is 29.1 Å². The summed E-state index contributed by atoms with van der Waals surface area (Å²) >= 11 is 0. The van der Waals surface area contributed by atoms with Gasteiger partial charge >= 0.3 is 5.97 Å². The lowest BCUT2D eigenvalue weighted by atomic mass is 9.94. The molecule has 24 heavy (non-hydrogen) atoms. The van der Waals surface area contributed by atoms with Crippen molar-refractivity contribution in [2.24, 2.45) is 0 Å². The van der Waals surface area contributed by atoms with Crippen LogP contribution in [0.15, 0.2) is 0 Å². The first-order valence-electron chi connectivity index (χ1n) is 8.52. The molecule has 0 fully saturated rings. The fourth-order valence-electron chi connectivity index (χ4n) is 2.77. The molecule has 0 aliphatic heterocycles. The molecule has 0 spiro atoms. The predicted molar refractivity (Wildman–Crippen MR) is 92.7 cm³/mol. The van der Waals surface area contributed by atoms with Crippen molar-refractivity contribution in [3.05, 3.63) is 22.3 Å². The van der Waals surface area contributed by atoms with E-state index in [4.69, 9.17) is 4.74 Å². The van der Waals surface area contributed by atoms with Crippen molar-refractivity contribution in [3.63, 3.8) is 0 Å². The van der Waals surface area contributed by atoms with Crippen LogP contribution < -0.4 is 0 Å². The van der Waals surface area contributed by atoms with Crippen molar-refractivity contribution in [3.8, 4) is 11.5 Å². The zero-order valence-corrected chi connectivity index (χ0v) is 14.9. The number of unbranched alkanes of at least 4 members (excludes halogenated alkanes) is 5. The van der Waals surface area contributed by atoms with Gasteiger partial charge in [0.1, 0.15) is 11.5 Å². The van der Waals surface area contributed by atoms with Crippen LogP contribution in [0, 0.1) is 13.8 Å². The summed E-state index contributed by atoms with van der Waals surface area (Å²) in [6, 6.07) is 0. The Bertz CT molecular complexity index is 578. The minimum absolute atomic E-state index is 0.0908. The van der Waals surface area contributed by atoms with Gasteiger partial charge in [-0.2, -0.15) is 0 Å². The Balaban J connectivity index is 2.39. The van der Waals surface area contributed by atoms with Gasteiger partial charge in [-0.25, -0.2) is 0 Å². The number of phenolic OH excluding ortho intramolecular Hbond substituents is 2. The number of aldehydes is 1. The van der Waals surface area contributed by atoms with Crippen molar-refractivity contribution in [2.75, 3.05) is 6.61 Å². The zero-order valence-electron chi connectivity index (χ0n) is 14.9. The molecule has 0 aromatic heterocycles. The van der Waals surface area contributed by atoms with Gasteiger partial charge in [-0.3, -0.25) is 9.59 Å². The maximum Gasteiger partial charge on any atom is 0.302 e. The third-order valence-electron chi connectivity index (χ3n) is 4.39. The molecule has 0 bridgehead atoms. The maximum absolute atomic E-state index is 11.1. The van der Waals surface area contributed by atoms with E-state index >= 15 is 0 Å². The normalized spacial score (nSPS) is 10.6. The highest BCUT2D eigenvalue weighted by molar-refractivity contribution is 5.84. The van der Waals surface area contributed by atoms with Crippen molar-refractivity contribution < 1.29 is 24.5 Å². The Morgan fingerprint density at radius 1 is 0.958 bits per heavy atom. The van der Waals surface area contributed by atoms with Gasteiger partial charge in [0.25, 0.3) is 0 Å². The Morgan fingerprint density at radius 3 is 2.12 bits per heavy atom. The molecule has 0 saturated heterocycles. The molecule has 1 aromatic rings. The summed E-state index contributed by atoms with van der Waals surface area (Å²) in [5.74, 6) is -0.235. The van der Waals surface area contributed by atoms with Gasteiger partial charge in [0.2, 0.25) is 0 Å². The standard InChI is InChI=1S/C19H28O5/c1-13-14(2)18(22)16(19(23)17(13)12-20)10-8-6-4-5-7-9-11-24-15(3)21/h12,22-23H,4-11H2,1-3H3. The Kier molecular flexibility index (Phi) is 8.30. The highest BCUT2D eigenvalue weighted by atomic mass is 16.5. The third kappa shape index (κ3) is 5.55. The first kappa shape index (κ1) is 20.0. The SMILES string of the molecule is CC(=O)OCCCCCCCCc1c(O)c(C)c(C)c(C=O)c1O. The molecule has 0 atom stereocenters. The monoisotopic (exact) mass is 336 g/mol. The molecule has 5 heteroatoms. The van der Waals surface area contributed by atoms with E-state index in [0.717, 1.165) is 38.5 Å². The van der Waals surface area contributed by atoms with Crippen LogP contribution in [-0.2, 0) is 16.0 Å². The highest BCUT2D eigenvalue weighted by Gasteiger charge is 2.18. The Labute approximate surface area is 143 Å². The number of hydrogen-bond donors (Lipinski definition) is 2. The lowest BCUT2D eigenvalue weighted by Crippen LogP contribution is -2.00. The van der Waals surface area contributed by atoms with Crippen LogP contribution in [0.4, 0.5) is 0 Å². The van der Waals surface area contributed by atoms with E-state index in [1.54, 1.807) is 13.8 Å². The Morgan fingerprint density at radius 2 is 1.54 bits per heavy atom. The average molecular weight is 336 g/mol. The summed E-state index contributed by atoms with van der Waals surface area (Å²) in [6.07, 6.45) is 7.01.